The molecule has 23 heavy (non-hydrogen) atoms. The van der Waals surface area contributed by atoms with Crippen LogP contribution in [0.3, 0.4) is 0 Å². The Kier molecular flexibility index (Phi) is 3.55. The standard InChI is InChI=1S/C15H17N3O4S/c1-3-15(2,20)18-23(21,22)9-4-5-12-11(8-9)10-6-7-16-14(19)13(10)17-12/h4-8,17-18,20H,3H2,1-2H3,(H,16,19). The van der Waals surface area contributed by atoms with Crippen molar-refractivity contribution in [1.82, 2.24) is 14.7 Å². The van der Waals surface area contributed by atoms with Gasteiger partial charge in [0.2, 0.25) is 10.0 Å². The Morgan fingerprint density at radius 3 is 2.70 bits per heavy atom. The number of aromatic nitrogens is 2. The van der Waals surface area contributed by atoms with E-state index in [1.54, 1.807) is 19.1 Å². The third kappa shape index (κ3) is 2.76. The normalized spacial score (nSPS) is 15.1. The highest BCUT2D eigenvalue weighted by Gasteiger charge is 2.26. The average Bonchev–Trinajstić information content (AvgIpc) is 2.86. The minimum Gasteiger partial charge on any atom is -0.375 e. The molecule has 1 aromatic carbocycles. The zero-order valence-corrected chi connectivity index (χ0v) is 13.5. The summed E-state index contributed by atoms with van der Waals surface area (Å²) in [6, 6.07) is 6.23. The number of fused-ring (bicyclic) bond motifs is 3. The van der Waals surface area contributed by atoms with E-state index in [1.165, 1.54) is 25.3 Å². The fraction of sp³-hybridized carbons (Fsp3) is 0.267. The number of H-pyrrole nitrogens is 2. The summed E-state index contributed by atoms with van der Waals surface area (Å²) in [5, 5.41) is 11.2. The maximum absolute atomic E-state index is 12.4. The summed E-state index contributed by atoms with van der Waals surface area (Å²) in [7, 11) is -3.88. The molecule has 122 valence electrons. The third-order valence-electron chi connectivity index (χ3n) is 3.85. The lowest BCUT2D eigenvalue weighted by Crippen LogP contribution is -2.45. The summed E-state index contributed by atoms with van der Waals surface area (Å²) in [6.45, 7) is 3.08. The SMILES string of the molecule is CCC(C)(O)NS(=O)(=O)c1ccc2[nH]c3c(=O)[nH]ccc3c2c1. The lowest BCUT2D eigenvalue weighted by molar-refractivity contribution is 0.0446. The van der Waals surface area contributed by atoms with Gasteiger partial charge in [0.15, 0.2) is 0 Å². The van der Waals surface area contributed by atoms with Crippen LogP contribution in [-0.2, 0) is 10.0 Å². The Bertz CT molecular complexity index is 1050. The molecule has 0 aliphatic rings. The molecule has 8 heteroatoms. The second-order valence-electron chi connectivity index (χ2n) is 5.66. The number of hydrogen-bond acceptors (Lipinski definition) is 4. The van der Waals surface area contributed by atoms with E-state index >= 15 is 0 Å². The molecule has 4 N–H and O–H groups in total. The molecular weight excluding hydrogens is 318 g/mol. The molecule has 0 saturated carbocycles. The van der Waals surface area contributed by atoms with E-state index in [4.69, 9.17) is 0 Å². The smallest absolute Gasteiger partial charge is 0.272 e. The van der Waals surface area contributed by atoms with Crippen LogP contribution in [0.5, 0.6) is 0 Å². The first kappa shape index (κ1) is 15.7. The Labute approximate surface area is 132 Å². The van der Waals surface area contributed by atoms with Crippen LogP contribution in [0.4, 0.5) is 0 Å². The van der Waals surface area contributed by atoms with Gasteiger partial charge in [0.05, 0.1) is 4.90 Å². The number of hydrogen-bond donors (Lipinski definition) is 4. The fourth-order valence-electron chi connectivity index (χ4n) is 2.40. The first-order valence-electron chi connectivity index (χ1n) is 7.13. The zero-order chi connectivity index (χ0) is 16.8. The van der Waals surface area contributed by atoms with Gasteiger partial charge in [-0.05, 0) is 37.6 Å². The van der Waals surface area contributed by atoms with Gasteiger partial charge in [0, 0.05) is 22.5 Å². The molecule has 0 spiro atoms. The van der Waals surface area contributed by atoms with Crippen molar-refractivity contribution < 1.29 is 13.5 Å². The van der Waals surface area contributed by atoms with Gasteiger partial charge in [-0.3, -0.25) is 4.79 Å². The molecule has 0 amide bonds. The first-order chi connectivity index (χ1) is 10.7. The summed E-state index contributed by atoms with van der Waals surface area (Å²) in [4.78, 5) is 17.4. The van der Waals surface area contributed by atoms with Crippen molar-refractivity contribution in [2.24, 2.45) is 0 Å². The van der Waals surface area contributed by atoms with Crippen molar-refractivity contribution in [3.63, 3.8) is 0 Å². The Balaban J connectivity index is 2.19. The number of pyridine rings is 1. The predicted octanol–water partition coefficient (Wildman–Crippen LogP) is 1.41. The van der Waals surface area contributed by atoms with Crippen molar-refractivity contribution >= 4 is 31.8 Å². The van der Waals surface area contributed by atoms with Crippen molar-refractivity contribution in [3.05, 3.63) is 40.8 Å². The van der Waals surface area contributed by atoms with E-state index in [9.17, 15) is 18.3 Å². The van der Waals surface area contributed by atoms with E-state index in [-0.39, 0.29) is 16.9 Å². The van der Waals surface area contributed by atoms with Crippen LogP contribution in [0.25, 0.3) is 21.8 Å². The molecule has 0 saturated heterocycles. The lowest BCUT2D eigenvalue weighted by atomic mass is 10.2. The molecule has 0 radical (unpaired) electrons. The molecule has 2 heterocycles. The molecule has 1 atom stereocenters. The molecule has 0 bridgehead atoms. The fourth-order valence-corrected chi connectivity index (χ4v) is 3.77. The average molecular weight is 335 g/mol. The van der Waals surface area contributed by atoms with Crippen molar-refractivity contribution in [3.8, 4) is 0 Å². The highest BCUT2D eigenvalue weighted by atomic mass is 32.2. The van der Waals surface area contributed by atoms with Crippen molar-refractivity contribution in [2.45, 2.75) is 30.9 Å². The summed E-state index contributed by atoms with van der Waals surface area (Å²) in [6.07, 6.45) is 1.75. The second kappa shape index (κ2) is 5.19. The molecule has 0 fully saturated rings. The van der Waals surface area contributed by atoms with Crippen LogP contribution in [-0.4, -0.2) is 29.2 Å². The van der Waals surface area contributed by atoms with Crippen LogP contribution in [0, 0.1) is 0 Å². The summed E-state index contributed by atoms with van der Waals surface area (Å²) < 4.78 is 27.1. The second-order valence-corrected chi connectivity index (χ2v) is 7.34. The van der Waals surface area contributed by atoms with Gasteiger partial charge >= 0.3 is 0 Å². The number of nitrogens with one attached hydrogen (secondary N) is 3. The molecular formula is C15H17N3O4S. The Hall–Kier alpha value is -2.16. The van der Waals surface area contributed by atoms with Gasteiger partial charge in [0.1, 0.15) is 11.2 Å². The number of benzene rings is 1. The van der Waals surface area contributed by atoms with E-state index < -0.39 is 15.7 Å². The molecule has 7 nitrogen and oxygen atoms in total. The lowest BCUT2D eigenvalue weighted by Gasteiger charge is -2.22. The van der Waals surface area contributed by atoms with Crippen molar-refractivity contribution in [2.75, 3.05) is 0 Å². The van der Waals surface area contributed by atoms with Gasteiger partial charge in [-0.25, -0.2) is 8.42 Å². The molecule has 3 aromatic rings. The molecule has 3 rings (SSSR count). The minimum absolute atomic E-state index is 0.0277. The van der Waals surface area contributed by atoms with Gasteiger partial charge in [0.25, 0.3) is 5.56 Å². The van der Waals surface area contributed by atoms with Crippen LogP contribution in [0.2, 0.25) is 0 Å². The quantitative estimate of drug-likeness (QED) is 0.540. The molecule has 2 aromatic heterocycles. The zero-order valence-electron chi connectivity index (χ0n) is 12.7. The summed E-state index contributed by atoms with van der Waals surface area (Å²) in [5.41, 5.74) is -0.732. The Morgan fingerprint density at radius 2 is 2.00 bits per heavy atom. The highest BCUT2D eigenvalue weighted by molar-refractivity contribution is 7.89. The highest BCUT2D eigenvalue weighted by Crippen LogP contribution is 2.26. The van der Waals surface area contributed by atoms with Gasteiger partial charge in [-0.15, -0.1) is 0 Å². The minimum atomic E-state index is -3.88. The van der Waals surface area contributed by atoms with Crippen LogP contribution in [0.1, 0.15) is 20.3 Å². The number of aromatic amines is 2. The largest absolute Gasteiger partial charge is 0.375 e. The molecule has 1 unspecified atom stereocenters. The number of aliphatic hydroxyl groups is 1. The van der Waals surface area contributed by atoms with Gasteiger partial charge in [-0.1, -0.05) is 6.92 Å². The first-order valence-corrected chi connectivity index (χ1v) is 8.61. The monoisotopic (exact) mass is 335 g/mol. The Morgan fingerprint density at radius 1 is 1.26 bits per heavy atom. The summed E-state index contributed by atoms with van der Waals surface area (Å²) >= 11 is 0. The number of sulfonamides is 1. The van der Waals surface area contributed by atoms with Gasteiger partial charge in [-0.2, -0.15) is 4.72 Å². The molecule has 0 aliphatic heterocycles. The van der Waals surface area contributed by atoms with E-state index in [1.807, 2.05) is 0 Å². The number of rotatable bonds is 4. The summed E-state index contributed by atoms with van der Waals surface area (Å²) in [5.74, 6) is 0. The van der Waals surface area contributed by atoms with Crippen LogP contribution in [0.15, 0.2) is 40.2 Å². The van der Waals surface area contributed by atoms with E-state index in [0.29, 0.717) is 21.8 Å². The maximum Gasteiger partial charge on any atom is 0.272 e. The van der Waals surface area contributed by atoms with E-state index in [0.717, 1.165) is 0 Å². The van der Waals surface area contributed by atoms with Crippen molar-refractivity contribution in [1.29, 1.82) is 0 Å². The van der Waals surface area contributed by atoms with Crippen LogP contribution >= 0.6 is 0 Å². The predicted molar refractivity (Wildman–Crippen MR) is 87.7 cm³/mol. The topological polar surface area (TPSA) is 115 Å². The maximum atomic E-state index is 12.4. The van der Waals surface area contributed by atoms with E-state index in [2.05, 4.69) is 14.7 Å². The molecule has 0 aliphatic carbocycles. The van der Waals surface area contributed by atoms with Gasteiger partial charge < -0.3 is 15.1 Å². The third-order valence-corrected chi connectivity index (χ3v) is 5.44. The van der Waals surface area contributed by atoms with Crippen LogP contribution < -0.4 is 10.3 Å².